The normalized spacial score (nSPS) is 12.1. The molecule has 1 aromatic heterocycles. The quantitative estimate of drug-likeness (QED) is 0.542. The van der Waals surface area contributed by atoms with Gasteiger partial charge in [-0.15, -0.1) is 0 Å². The molecule has 0 saturated heterocycles. The minimum absolute atomic E-state index is 0.0919. The second kappa shape index (κ2) is 2.36. The molecule has 1 nitrogen and oxygen atoms in total. The van der Waals surface area contributed by atoms with Crippen LogP contribution in [-0.4, -0.2) is 4.57 Å². The van der Waals surface area contributed by atoms with Crippen LogP contribution in [0.5, 0.6) is 0 Å². The van der Waals surface area contributed by atoms with Crippen molar-refractivity contribution in [2.45, 2.75) is 26.2 Å². The fourth-order valence-electron chi connectivity index (χ4n) is 1.10. The summed E-state index contributed by atoms with van der Waals surface area (Å²) in [4.78, 5) is 0. The van der Waals surface area contributed by atoms with Gasteiger partial charge in [0.15, 0.2) is 0 Å². The van der Waals surface area contributed by atoms with Crippen LogP contribution in [0.15, 0.2) is 12.4 Å². The van der Waals surface area contributed by atoms with Gasteiger partial charge in [0, 0.05) is 25.0 Å². The fraction of sp³-hybridized carbons (Fsp3) is 0.556. The third-order valence-electron chi connectivity index (χ3n) is 1.72. The monoisotopic (exact) mass is 155 g/mol. The molecule has 0 aliphatic rings. The molecule has 11 heavy (non-hydrogen) atoms. The van der Waals surface area contributed by atoms with Crippen molar-refractivity contribution in [3.63, 3.8) is 0 Å². The van der Waals surface area contributed by atoms with Crippen molar-refractivity contribution >= 4 is 0 Å². The third kappa shape index (κ3) is 1.62. The summed E-state index contributed by atoms with van der Waals surface area (Å²) in [5.74, 6) is -0.111. The largest absolute Gasteiger partial charge is 0.354 e. The number of aromatic nitrogens is 1. The van der Waals surface area contributed by atoms with Crippen molar-refractivity contribution in [3.8, 4) is 0 Å². The molecule has 0 amide bonds. The maximum atomic E-state index is 13.1. The molecule has 2 heteroatoms. The Kier molecular flexibility index (Phi) is 1.78. The van der Waals surface area contributed by atoms with Crippen molar-refractivity contribution < 1.29 is 4.39 Å². The Morgan fingerprint density at radius 1 is 1.27 bits per heavy atom. The van der Waals surface area contributed by atoms with E-state index in [0.29, 0.717) is 0 Å². The maximum absolute atomic E-state index is 13.1. The number of hydrogen-bond acceptors (Lipinski definition) is 0. The van der Waals surface area contributed by atoms with E-state index in [1.807, 2.05) is 34.0 Å². The van der Waals surface area contributed by atoms with Crippen LogP contribution in [0.25, 0.3) is 0 Å². The van der Waals surface area contributed by atoms with E-state index in [4.69, 9.17) is 0 Å². The molecule has 0 aliphatic heterocycles. The molecule has 0 bridgehead atoms. The van der Waals surface area contributed by atoms with Crippen LogP contribution in [0, 0.1) is 5.82 Å². The summed E-state index contributed by atoms with van der Waals surface area (Å²) < 4.78 is 14.8. The number of nitrogens with zero attached hydrogens (tertiary/aromatic N) is 1. The molecule has 0 saturated carbocycles. The van der Waals surface area contributed by atoms with Gasteiger partial charge >= 0.3 is 0 Å². The van der Waals surface area contributed by atoms with Crippen molar-refractivity contribution in [2.75, 3.05) is 0 Å². The molecule has 0 N–H and O–H groups in total. The minimum Gasteiger partial charge on any atom is -0.354 e. The highest BCUT2D eigenvalue weighted by atomic mass is 19.1. The summed E-state index contributed by atoms with van der Waals surface area (Å²) in [6.07, 6.45) is 3.33. The Morgan fingerprint density at radius 3 is 2.00 bits per heavy atom. The predicted molar refractivity (Wildman–Crippen MR) is 44.1 cm³/mol. The number of halogens is 1. The molecule has 0 aromatic carbocycles. The number of hydrogen-bond donors (Lipinski definition) is 0. The van der Waals surface area contributed by atoms with Gasteiger partial charge in [-0.3, -0.25) is 0 Å². The summed E-state index contributed by atoms with van der Waals surface area (Å²) in [5, 5.41) is 0. The van der Waals surface area contributed by atoms with Gasteiger partial charge in [-0.25, -0.2) is 4.39 Å². The molecular weight excluding hydrogens is 141 g/mol. The van der Waals surface area contributed by atoms with E-state index >= 15 is 0 Å². The zero-order valence-electron chi connectivity index (χ0n) is 7.48. The maximum Gasteiger partial charge on any atom is 0.144 e. The molecule has 0 spiro atoms. The summed E-state index contributed by atoms with van der Waals surface area (Å²) in [6.45, 7) is 6.02. The Morgan fingerprint density at radius 2 is 1.82 bits per heavy atom. The second-order valence-electron chi connectivity index (χ2n) is 3.94. The van der Waals surface area contributed by atoms with Gasteiger partial charge in [0.2, 0.25) is 0 Å². The first kappa shape index (κ1) is 8.31. The lowest BCUT2D eigenvalue weighted by molar-refractivity contribution is 0.528. The van der Waals surface area contributed by atoms with E-state index in [1.165, 1.54) is 6.20 Å². The van der Waals surface area contributed by atoms with Gasteiger partial charge in [-0.05, 0) is 5.41 Å². The van der Waals surface area contributed by atoms with Crippen molar-refractivity contribution in [1.29, 1.82) is 0 Å². The molecule has 1 rings (SSSR count). The lowest BCUT2D eigenvalue weighted by atomic mass is 9.89. The van der Waals surface area contributed by atoms with E-state index in [1.54, 1.807) is 4.57 Å². The van der Waals surface area contributed by atoms with Gasteiger partial charge in [0.05, 0.1) is 0 Å². The Bertz CT molecular complexity index is 255. The van der Waals surface area contributed by atoms with Crippen LogP contribution in [-0.2, 0) is 12.5 Å². The molecule has 0 fully saturated rings. The predicted octanol–water partition coefficient (Wildman–Crippen LogP) is 2.46. The Balaban J connectivity index is 3.13. The van der Waals surface area contributed by atoms with E-state index < -0.39 is 0 Å². The Labute approximate surface area is 66.8 Å². The van der Waals surface area contributed by atoms with Crippen LogP contribution in [0.3, 0.4) is 0 Å². The number of rotatable bonds is 0. The summed E-state index contributed by atoms with van der Waals surface area (Å²) in [6, 6.07) is 0. The van der Waals surface area contributed by atoms with Gasteiger partial charge in [-0.2, -0.15) is 0 Å². The van der Waals surface area contributed by atoms with Crippen LogP contribution in [0.4, 0.5) is 4.39 Å². The van der Waals surface area contributed by atoms with Crippen molar-refractivity contribution in [3.05, 3.63) is 23.8 Å². The number of aryl methyl sites for hydroxylation is 1. The summed E-state index contributed by atoms with van der Waals surface area (Å²) in [5.41, 5.74) is 0.686. The minimum atomic E-state index is -0.111. The highest BCUT2D eigenvalue weighted by Crippen LogP contribution is 2.24. The van der Waals surface area contributed by atoms with Crippen LogP contribution < -0.4 is 0 Å². The molecule has 1 heterocycles. The first-order valence-corrected chi connectivity index (χ1v) is 3.73. The van der Waals surface area contributed by atoms with Gasteiger partial charge < -0.3 is 4.57 Å². The summed E-state index contributed by atoms with van der Waals surface area (Å²) in [7, 11) is 1.83. The van der Waals surface area contributed by atoms with Crippen LogP contribution in [0.1, 0.15) is 26.3 Å². The average Bonchev–Trinajstić information content (AvgIpc) is 2.08. The van der Waals surface area contributed by atoms with Gasteiger partial charge in [0.25, 0.3) is 0 Å². The van der Waals surface area contributed by atoms with E-state index in [0.717, 1.165) is 5.56 Å². The SMILES string of the molecule is Cn1cc(F)c(C(C)(C)C)c1. The lowest BCUT2D eigenvalue weighted by Crippen LogP contribution is -2.11. The van der Waals surface area contributed by atoms with Crippen LogP contribution >= 0.6 is 0 Å². The molecule has 0 aliphatic carbocycles. The molecule has 0 radical (unpaired) electrons. The molecular formula is C9H14FN. The third-order valence-corrected chi connectivity index (χ3v) is 1.72. The molecule has 62 valence electrons. The van der Waals surface area contributed by atoms with Crippen molar-refractivity contribution in [2.24, 2.45) is 7.05 Å². The molecule has 0 unspecified atom stereocenters. The van der Waals surface area contributed by atoms with E-state index in [2.05, 4.69) is 0 Å². The van der Waals surface area contributed by atoms with Gasteiger partial charge in [-0.1, -0.05) is 20.8 Å². The molecule has 0 atom stereocenters. The second-order valence-corrected chi connectivity index (χ2v) is 3.94. The average molecular weight is 155 g/mol. The first-order chi connectivity index (χ1) is 4.91. The molecule has 1 aromatic rings. The van der Waals surface area contributed by atoms with E-state index in [9.17, 15) is 4.39 Å². The first-order valence-electron chi connectivity index (χ1n) is 3.73. The van der Waals surface area contributed by atoms with E-state index in [-0.39, 0.29) is 11.2 Å². The van der Waals surface area contributed by atoms with Gasteiger partial charge in [0.1, 0.15) is 5.82 Å². The summed E-state index contributed by atoms with van der Waals surface area (Å²) >= 11 is 0. The zero-order valence-corrected chi connectivity index (χ0v) is 7.48. The van der Waals surface area contributed by atoms with Crippen molar-refractivity contribution in [1.82, 2.24) is 4.57 Å². The smallest absolute Gasteiger partial charge is 0.144 e. The fourth-order valence-corrected chi connectivity index (χ4v) is 1.10. The zero-order chi connectivity index (χ0) is 8.65. The van der Waals surface area contributed by atoms with Crippen LogP contribution in [0.2, 0.25) is 0 Å². The highest BCUT2D eigenvalue weighted by Gasteiger charge is 2.19. The highest BCUT2D eigenvalue weighted by molar-refractivity contribution is 5.21. The Hall–Kier alpha value is -0.790. The lowest BCUT2D eigenvalue weighted by Gasteiger charge is -2.16. The topological polar surface area (TPSA) is 4.93 Å². The standard InChI is InChI=1S/C9H14FN/c1-9(2,3)7-5-11(4)6-8(7)10/h5-6H,1-4H3.